The molecule has 4 heteroatoms. The van der Waals surface area contributed by atoms with Crippen molar-refractivity contribution >= 4 is 22.9 Å². The lowest BCUT2D eigenvalue weighted by Gasteiger charge is -2.18. The average molecular weight is 336 g/mol. The Labute approximate surface area is 146 Å². The van der Waals surface area contributed by atoms with Crippen molar-refractivity contribution in [2.45, 2.75) is 12.5 Å². The highest BCUT2D eigenvalue weighted by Gasteiger charge is 2.17. The van der Waals surface area contributed by atoms with Crippen molar-refractivity contribution in [2.75, 3.05) is 11.9 Å². The maximum absolute atomic E-state index is 12.4. The van der Waals surface area contributed by atoms with Gasteiger partial charge in [0, 0.05) is 23.5 Å². The Morgan fingerprint density at radius 3 is 2.29 bits per heavy atom. The summed E-state index contributed by atoms with van der Waals surface area (Å²) in [7, 11) is 0. The quantitative estimate of drug-likeness (QED) is 0.669. The van der Waals surface area contributed by atoms with Gasteiger partial charge in [0.1, 0.15) is 0 Å². The number of amides is 1. The topological polar surface area (TPSA) is 41.1 Å². The van der Waals surface area contributed by atoms with E-state index in [1.54, 1.807) is 11.3 Å². The Hall–Kier alpha value is -2.59. The standard InChI is InChI=1S/C20H20N2OS/c23-19(13-14-21-17-10-5-2-6-11-17)22-20(18-12-7-15-24-18)16-8-3-1-4-9-16/h1-12,15,20-21H,13-14H2,(H,22,23)/t20-/m0/s1. The second kappa shape index (κ2) is 8.31. The molecule has 0 saturated heterocycles. The van der Waals surface area contributed by atoms with E-state index in [0.29, 0.717) is 13.0 Å². The number of thiophene rings is 1. The zero-order valence-corrected chi connectivity index (χ0v) is 14.1. The van der Waals surface area contributed by atoms with Crippen LogP contribution in [0.2, 0.25) is 0 Å². The predicted molar refractivity (Wildman–Crippen MR) is 100 cm³/mol. The molecule has 3 aromatic rings. The summed E-state index contributed by atoms with van der Waals surface area (Å²) in [6.07, 6.45) is 0.434. The number of carbonyl (C=O) groups is 1. The molecule has 0 saturated carbocycles. The Balaban J connectivity index is 1.59. The first-order valence-corrected chi connectivity index (χ1v) is 8.87. The van der Waals surface area contributed by atoms with Crippen molar-refractivity contribution in [3.05, 3.63) is 88.6 Å². The van der Waals surface area contributed by atoms with E-state index in [0.717, 1.165) is 16.1 Å². The molecule has 0 fully saturated rings. The van der Waals surface area contributed by atoms with Crippen LogP contribution in [0.5, 0.6) is 0 Å². The van der Waals surface area contributed by atoms with Gasteiger partial charge in [0.15, 0.2) is 0 Å². The fourth-order valence-electron chi connectivity index (χ4n) is 2.53. The fourth-order valence-corrected chi connectivity index (χ4v) is 3.33. The lowest BCUT2D eigenvalue weighted by atomic mass is 10.1. The molecule has 1 heterocycles. The molecule has 1 aromatic heterocycles. The molecule has 0 radical (unpaired) electrons. The van der Waals surface area contributed by atoms with Crippen LogP contribution < -0.4 is 10.6 Å². The highest BCUT2D eigenvalue weighted by molar-refractivity contribution is 7.10. The van der Waals surface area contributed by atoms with E-state index < -0.39 is 0 Å². The van der Waals surface area contributed by atoms with Crippen molar-refractivity contribution in [1.29, 1.82) is 0 Å². The van der Waals surface area contributed by atoms with Crippen LogP contribution in [-0.4, -0.2) is 12.5 Å². The van der Waals surface area contributed by atoms with E-state index in [4.69, 9.17) is 0 Å². The smallest absolute Gasteiger partial charge is 0.222 e. The first kappa shape index (κ1) is 16.3. The Bertz CT molecular complexity index is 742. The van der Waals surface area contributed by atoms with E-state index in [9.17, 15) is 4.79 Å². The monoisotopic (exact) mass is 336 g/mol. The van der Waals surface area contributed by atoms with Gasteiger partial charge in [0.2, 0.25) is 5.91 Å². The largest absolute Gasteiger partial charge is 0.385 e. The van der Waals surface area contributed by atoms with Crippen molar-refractivity contribution in [1.82, 2.24) is 5.32 Å². The second-order valence-electron chi connectivity index (χ2n) is 5.47. The van der Waals surface area contributed by atoms with E-state index in [1.165, 1.54) is 0 Å². The van der Waals surface area contributed by atoms with Gasteiger partial charge in [-0.25, -0.2) is 0 Å². The summed E-state index contributed by atoms with van der Waals surface area (Å²) in [5, 5.41) is 8.45. The van der Waals surface area contributed by atoms with E-state index >= 15 is 0 Å². The molecule has 2 N–H and O–H groups in total. The number of benzene rings is 2. The molecule has 122 valence electrons. The summed E-state index contributed by atoms with van der Waals surface area (Å²) in [5.41, 5.74) is 2.13. The molecular formula is C20H20N2OS. The summed E-state index contributed by atoms with van der Waals surface area (Å²) >= 11 is 1.66. The van der Waals surface area contributed by atoms with E-state index in [-0.39, 0.29) is 11.9 Å². The van der Waals surface area contributed by atoms with Crippen molar-refractivity contribution in [3.63, 3.8) is 0 Å². The van der Waals surface area contributed by atoms with Gasteiger partial charge in [-0.2, -0.15) is 0 Å². The Morgan fingerprint density at radius 2 is 1.62 bits per heavy atom. The summed E-state index contributed by atoms with van der Waals surface area (Å²) in [6.45, 7) is 0.613. The molecule has 0 unspecified atom stereocenters. The molecule has 0 bridgehead atoms. The number of hydrogen-bond acceptors (Lipinski definition) is 3. The number of anilines is 1. The summed E-state index contributed by atoms with van der Waals surface area (Å²) in [5.74, 6) is 0.0423. The van der Waals surface area contributed by atoms with Gasteiger partial charge in [0.05, 0.1) is 6.04 Å². The fraction of sp³-hybridized carbons (Fsp3) is 0.150. The molecule has 24 heavy (non-hydrogen) atoms. The van der Waals surface area contributed by atoms with Crippen molar-refractivity contribution < 1.29 is 4.79 Å². The van der Waals surface area contributed by atoms with Crippen LogP contribution in [0.3, 0.4) is 0 Å². The molecule has 0 aliphatic carbocycles. The molecular weight excluding hydrogens is 316 g/mol. The summed E-state index contributed by atoms with van der Waals surface area (Å²) < 4.78 is 0. The maximum Gasteiger partial charge on any atom is 0.222 e. The predicted octanol–water partition coefficient (Wildman–Crippen LogP) is 4.46. The number of carbonyl (C=O) groups excluding carboxylic acids is 1. The molecule has 3 rings (SSSR count). The SMILES string of the molecule is O=C(CCNc1ccccc1)N[C@@H](c1ccccc1)c1cccs1. The van der Waals surface area contributed by atoms with E-state index in [2.05, 4.69) is 16.7 Å². The van der Waals surface area contributed by atoms with Crippen LogP contribution in [-0.2, 0) is 4.79 Å². The van der Waals surface area contributed by atoms with Gasteiger partial charge in [-0.1, -0.05) is 54.6 Å². The van der Waals surface area contributed by atoms with Crippen LogP contribution in [0, 0.1) is 0 Å². The van der Waals surface area contributed by atoms with Crippen LogP contribution in [0.25, 0.3) is 0 Å². The molecule has 0 aliphatic heterocycles. The third-order valence-electron chi connectivity index (χ3n) is 3.72. The lowest BCUT2D eigenvalue weighted by Crippen LogP contribution is -2.30. The molecule has 1 amide bonds. The number of hydrogen-bond donors (Lipinski definition) is 2. The maximum atomic E-state index is 12.4. The van der Waals surface area contributed by atoms with Crippen LogP contribution in [0.4, 0.5) is 5.69 Å². The van der Waals surface area contributed by atoms with Crippen LogP contribution in [0.15, 0.2) is 78.2 Å². The minimum Gasteiger partial charge on any atom is -0.385 e. The Kier molecular flexibility index (Phi) is 5.64. The molecule has 3 nitrogen and oxygen atoms in total. The van der Waals surface area contributed by atoms with E-state index in [1.807, 2.05) is 72.1 Å². The number of rotatable bonds is 7. The molecule has 1 atom stereocenters. The first-order chi connectivity index (χ1) is 11.8. The van der Waals surface area contributed by atoms with Crippen LogP contribution >= 0.6 is 11.3 Å². The first-order valence-electron chi connectivity index (χ1n) is 7.99. The Morgan fingerprint density at radius 1 is 0.917 bits per heavy atom. The normalized spacial score (nSPS) is 11.7. The molecule has 2 aromatic carbocycles. The van der Waals surface area contributed by atoms with Crippen molar-refractivity contribution in [3.8, 4) is 0 Å². The number of para-hydroxylation sites is 1. The third kappa shape index (κ3) is 4.46. The highest BCUT2D eigenvalue weighted by atomic mass is 32.1. The van der Waals surface area contributed by atoms with Crippen LogP contribution in [0.1, 0.15) is 22.9 Å². The van der Waals surface area contributed by atoms with Gasteiger partial charge in [-0.15, -0.1) is 11.3 Å². The van der Waals surface area contributed by atoms with Gasteiger partial charge in [-0.05, 0) is 29.1 Å². The van der Waals surface area contributed by atoms with Gasteiger partial charge in [-0.3, -0.25) is 4.79 Å². The average Bonchev–Trinajstić information content (AvgIpc) is 3.16. The zero-order chi connectivity index (χ0) is 16.6. The zero-order valence-electron chi connectivity index (χ0n) is 13.3. The van der Waals surface area contributed by atoms with Gasteiger partial charge < -0.3 is 10.6 Å². The molecule has 0 spiro atoms. The third-order valence-corrected chi connectivity index (χ3v) is 4.66. The minimum absolute atomic E-state index is 0.0423. The highest BCUT2D eigenvalue weighted by Crippen LogP contribution is 2.25. The summed E-state index contributed by atoms with van der Waals surface area (Å²) in [4.78, 5) is 13.5. The van der Waals surface area contributed by atoms with Gasteiger partial charge >= 0.3 is 0 Å². The lowest BCUT2D eigenvalue weighted by molar-refractivity contribution is -0.121. The summed E-state index contributed by atoms with van der Waals surface area (Å²) in [6, 6.07) is 24.0. The van der Waals surface area contributed by atoms with Crippen molar-refractivity contribution in [2.24, 2.45) is 0 Å². The minimum atomic E-state index is -0.0876. The van der Waals surface area contributed by atoms with Gasteiger partial charge in [0.25, 0.3) is 0 Å². The second-order valence-corrected chi connectivity index (χ2v) is 6.45. The number of nitrogens with one attached hydrogen (secondary N) is 2. The molecule has 0 aliphatic rings.